The van der Waals surface area contributed by atoms with Crippen molar-refractivity contribution in [1.82, 2.24) is 10.2 Å². The van der Waals surface area contributed by atoms with Gasteiger partial charge in [0.05, 0.1) is 6.04 Å². The van der Waals surface area contributed by atoms with Crippen LogP contribution >= 0.6 is 0 Å². The van der Waals surface area contributed by atoms with Crippen molar-refractivity contribution in [2.75, 3.05) is 0 Å². The molecular weight excluding hydrogens is 260 g/mol. The number of nitrogens with zero attached hydrogens (tertiary/aromatic N) is 1. The van der Waals surface area contributed by atoms with Crippen LogP contribution in [-0.2, 0) is 4.79 Å². The normalized spacial score (nSPS) is 27.2. The predicted molar refractivity (Wildman–Crippen MR) is 84.9 cm³/mol. The highest BCUT2D eigenvalue weighted by Crippen LogP contribution is 2.40. The summed E-state index contributed by atoms with van der Waals surface area (Å²) in [4.78, 5) is 14.9. The molecule has 0 aromatic heterocycles. The second-order valence-corrected chi connectivity index (χ2v) is 6.71. The summed E-state index contributed by atoms with van der Waals surface area (Å²) in [6.45, 7) is 8.56. The fourth-order valence-corrected chi connectivity index (χ4v) is 3.56. The largest absolute Gasteiger partial charge is 0.319 e. The third kappa shape index (κ3) is 2.59. The monoisotopic (exact) mass is 286 g/mol. The molecule has 1 aliphatic heterocycles. The van der Waals surface area contributed by atoms with Crippen LogP contribution in [0.25, 0.3) is 0 Å². The Morgan fingerprint density at radius 1 is 1.33 bits per heavy atom. The summed E-state index contributed by atoms with van der Waals surface area (Å²) in [7, 11) is 0. The maximum Gasteiger partial charge on any atom is 0.241 e. The first kappa shape index (κ1) is 14.6. The van der Waals surface area contributed by atoms with Crippen molar-refractivity contribution in [3.05, 3.63) is 34.9 Å². The van der Waals surface area contributed by atoms with E-state index in [-0.39, 0.29) is 18.1 Å². The minimum absolute atomic E-state index is 0.0306. The average molecular weight is 286 g/mol. The van der Waals surface area contributed by atoms with E-state index >= 15 is 0 Å². The van der Waals surface area contributed by atoms with Crippen LogP contribution in [-0.4, -0.2) is 22.9 Å². The molecule has 114 valence electrons. The van der Waals surface area contributed by atoms with E-state index in [4.69, 9.17) is 0 Å². The van der Waals surface area contributed by atoms with Crippen LogP contribution in [0, 0.1) is 19.8 Å². The van der Waals surface area contributed by atoms with Crippen molar-refractivity contribution in [2.24, 2.45) is 5.92 Å². The van der Waals surface area contributed by atoms with E-state index in [0.29, 0.717) is 12.0 Å². The summed E-state index contributed by atoms with van der Waals surface area (Å²) >= 11 is 0. The molecule has 3 nitrogen and oxygen atoms in total. The lowest BCUT2D eigenvalue weighted by atomic mass is 10.0. The highest BCUT2D eigenvalue weighted by Gasteiger charge is 2.45. The number of aryl methyl sites for hydroxylation is 2. The molecule has 1 aliphatic carbocycles. The molecule has 1 N–H and O–H groups in total. The second kappa shape index (κ2) is 5.45. The number of hydrogen-bond acceptors (Lipinski definition) is 2. The second-order valence-electron chi connectivity index (χ2n) is 6.71. The summed E-state index contributed by atoms with van der Waals surface area (Å²) in [6.07, 6.45) is 3.43. The SMILES string of the molecule is CCC1NC(c2ccc(C)cc2C)N(C(C)C2CC2)C1=O. The van der Waals surface area contributed by atoms with Crippen LogP contribution in [0.1, 0.15) is 56.0 Å². The van der Waals surface area contributed by atoms with Gasteiger partial charge < -0.3 is 4.90 Å². The van der Waals surface area contributed by atoms with E-state index in [1.807, 2.05) is 0 Å². The first-order chi connectivity index (χ1) is 10.0. The zero-order chi connectivity index (χ0) is 15.1. The van der Waals surface area contributed by atoms with E-state index in [9.17, 15) is 4.79 Å². The standard InChI is InChI=1S/C18H26N2O/c1-5-16-18(21)20(13(4)14-7-8-14)17(19-16)15-9-6-11(2)10-12(15)3/h6,9-10,13-14,16-17,19H,5,7-8H2,1-4H3. The topological polar surface area (TPSA) is 32.3 Å². The Balaban J connectivity index is 1.95. The number of benzene rings is 1. The third-order valence-electron chi connectivity index (χ3n) is 5.06. The van der Waals surface area contributed by atoms with Gasteiger partial charge >= 0.3 is 0 Å². The van der Waals surface area contributed by atoms with E-state index < -0.39 is 0 Å². The van der Waals surface area contributed by atoms with Crippen molar-refractivity contribution in [3.8, 4) is 0 Å². The lowest BCUT2D eigenvalue weighted by Gasteiger charge is -2.31. The van der Waals surface area contributed by atoms with Gasteiger partial charge in [-0.1, -0.05) is 30.7 Å². The van der Waals surface area contributed by atoms with Gasteiger partial charge in [-0.25, -0.2) is 0 Å². The average Bonchev–Trinajstić information content (AvgIpc) is 3.23. The Bertz CT molecular complexity index is 550. The van der Waals surface area contributed by atoms with Crippen molar-refractivity contribution < 1.29 is 4.79 Å². The van der Waals surface area contributed by atoms with Gasteiger partial charge in [0.2, 0.25) is 5.91 Å². The van der Waals surface area contributed by atoms with Crippen LogP contribution in [0.2, 0.25) is 0 Å². The van der Waals surface area contributed by atoms with E-state index in [1.165, 1.54) is 29.5 Å². The molecule has 2 fully saturated rings. The Kier molecular flexibility index (Phi) is 3.78. The molecule has 3 rings (SSSR count). The summed E-state index contributed by atoms with van der Waals surface area (Å²) in [5.41, 5.74) is 3.79. The molecule has 1 saturated heterocycles. The third-order valence-corrected chi connectivity index (χ3v) is 5.06. The van der Waals surface area contributed by atoms with Crippen molar-refractivity contribution in [3.63, 3.8) is 0 Å². The number of rotatable bonds is 4. The lowest BCUT2D eigenvalue weighted by Crippen LogP contribution is -2.39. The Hall–Kier alpha value is -1.35. The maximum absolute atomic E-state index is 12.7. The molecule has 0 spiro atoms. The van der Waals surface area contributed by atoms with E-state index in [2.05, 4.69) is 56.1 Å². The van der Waals surface area contributed by atoms with Gasteiger partial charge in [-0.05, 0) is 57.1 Å². The van der Waals surface area contributed by atoms with Gasteiger partial charge in [-0.2, -0.15) is 0 Å². The quantitative estimate of drug-likeness (QED) is 0.921. The van der Waals surface area contributed by atoms with Crippen LogP contribution in [0.15, 0.2) is 18.2 Å². The molecule has 1 amide bonds. The highest BCUT2D eigenvalue weighted by atomic mass is 16.2. The Labute approximate surface area is 127 Å². The maximum atomic E-state index is 12.7. The molecule has 1 aromatic carbocycles. The number of hydrogen-bond donors (Lipinski definition) is 1. The molecule has 3 atom stereocenters. The number of amides is 1. The van der Waals surface area contributed by atoms with Gasteiger partial charge in [0.15, 0.2) is 0 Å². The van der Waals surface area contributed by atoms with Crippen molar-refractivity contribution in [2.45, 2.75) is 65.2 Å². The van der Waals surface area contributed by atoms with E-state index in [1.54, 1.807) is 0 Å². The molecule has 0 radical (unpaired) electrons. The molecular formula is C18H26N2O. The molecule has 21 heavy (non-hydrogen) atoms. The molecule has 3 unspecified atom stereocenters. The Morgan fingerprint density at radius 2 is 2.05 bits per heavy atom. The van der Waals surface area contributed by atoms with Gasteiger partial charge in [-0.15, -0.1) is 0 Å². The van der Waals surface area contributed by atoms with Gasteiger partial charge in [0.1, 0.15) is 6.17 Å². The minimum Gasteiger partial charge on any atom is -0.319 e. The van der Waals surface area contributed by atoms with Crippen LogP contribution < -0.4 is 5.32 Å². The predicted octanol–water partition coefficient (Wildman–Crippen LogP) is 3.31. The van der Waals surface area contributed by atoms with Crippen LogP contribution in [0.5, 0.6) is 0 Å². The first-order valence-electron chi connectivity index (χ1n) is 8.18. The van der Waals surface area contributed by atoms with Crippen LogP contribution in [0.3, 0.4) is 0 Å². The van der Waals surface area contributed by atoms with Crippen molar-refractivity contribution in [1.29, 1.82) is 0 Å². The van der Waals surface area contributed by atoms with Gasteiger partial charge in [0.25, 0.3) is 0 Å². The summed E-state index contributed by atoms with van der Waals surface area (Å²) < 4.78 is 0. The highest BCUT2D eigenvalue weighted by molar-refractivity contribution is 5.85. The Morgan fingerprint density at radius 3 is 2.62 bits per heavy atom. The molecule has 2 aliphatic rings. The van der Waals surface area contributed by atoms with Gasteiger partial charge in [0, 0.05) is 6.04 Å². The molecule has 1 aromatic rings. The molecule has 0 bridgehead atoms. The fourth-order valence-electron chi connectivity index (χ4n) is 3.56. The van der Waals surface area contributed by atoms with Crippen molar-refractivity contribution >= 4 is 5.91 Å². The first-order valence-corrected chi connectivity index (χ1v) is 8.18. The molecule has 3 heteroatoms. The lowest BCUT2D eigenvalue weighted by molar-refractivity contribution is -0.132. The molecule has 1 saturated carbocycles. The summed E-state index contributed by atoms with van der Waals surface area (Å²) in [6, 6.07) is 6.85. The fraction of sp³-hybridized carbons (Fsp3) is 0.611. The number of nitrogens with one attached hydrogen (secondary N) is 1. The molecule has 1 heterocycles. The van der Waals surface area contributed by atoms with Gasteiger partial charge in [-0.3, -0.25) is 10.1 Å². The summed E-state index contributed by atoms with van der Waals surface area (Å²) in [5, 5.41) is 3.56. The van der Waals surface area contributed by atoms with E-state index in [0.717, 1.165) is 6.42 Å². The smallest absolute Gasteiger partial charge is 0.241 e. The number of carbonyl (C=O) groups is 1. The zero-order valence-electron chi connectivity index (χ0n) is 13.5. The number of carbonyl (C=O) groups excluding carboxylic acids is 1. The summed E-state index contributed by atoms with van der Waals surface area (Å²) in [5.74, 6) is 0.974. The minimum atomic E-state index is -0.0306. The zero-order valence-corrected chi connectivity index (χ0v) is 13.5. The van der Waals surface area contributed by atoms with Crippen LogP contribution in [0.4, 0.5) is 0 Å².